The molecule has 0 bridgehead atoms. The molecular formula is C16H12BrF3O4S. The van der Waals surface area contributed by atoms with Gasteiger partial charge in [0.1, 0.15) is 5.75 Å². The Kier molecular flexibility index (Phi) is 4.59. The van der Waals surface area contributed by atoms with Crippen LogP contribution < -0.4 is 4.74 Å². The van der Waals surface area contributed by atoms with Crippen molar-refractivity contribution < 1.29 is 30.9 Å². The SMILES string of the molecule is O=S(=O)(O)c1ccc2c(c1)OCCC2c1ccc(C(F)(F)F)cc1Br. The molecule has 0 saturated heterocycles. The van der Waals surface area contributed by atoms with Crippen LogP contribution in [0.3, 0.4) is 0 Å². The quantitative estimate of drug-likeness (QED) is 0.697. The Morgan fingerprint density at radius 2 is 1.80 bits per heavy atom. The van der Waals surface area contributed by atoms with Gasteiger partial charge in [0.05, 0.1) is 17.1 Å². The van der Waals surface area contributed by atoms with Crippen molar-refractivity contribution in [2.45, 2.75) is 23.4 Å². The van der Waals surface area contributed by atoms with Crippen LogP contribution in [0.25, 0.3) is 0 Å². The monoisotopic (exact) mass is 436 g/mol. The largest absolute Gasteiger partial charge is 0.493 e. The minimum absolute atomic E-state index is 0.254. The number of alkyl halides is 3. The summed E-state index contributed by atoms with van der Waals surface area (Å²) < 4.78 is 75.8. The maximum Gasteiger partial charge on any atom is 0.416 e. The van der Waals surface area contributed by atoms with Crippen LogP contribution in [-0.2, 0) is 16.3 Å². The Morgan fingerprint density at radius 1 is 1.12 bits per heavy atom. The Morgan fingerprint density at radius 3 is 2.40 bits per heavy atom. The van der Waals surface area contributed by atoms with E-state index < -0.39 is 21.9 Å². The van der Waals surface area contributed by atoms with E-state index in [1.165, 1.54) is 24.3 Å². The van der Waals surface area contributed by atoms with Crippen molar-refractivity contribution in [3.8, 4) is 5.75 Å². The van der Waals surface area contributed by atoms with E-state index >= 15 is 0 Å². The van der Waals surface area contributed by atoms with Crippen LogP contribution in [0.15, 0.2) is 45.8 Å². The summed E-state index contributed by atoms with van der Waals surface area (Å²) >= 11 is 3.20. The van der Waals surface area contributed by atoms with Gasteiger partial charge in [-0.3, -0.25) is 4.55 Å². The van der Waals surface area contributed by atoms with Crippen LogP contribution in [0.5, 0.6) is 5.75 Å². The van der Waals surface area contributed by atoms with Crippen molar-refractivity contribution in [2.75, 3.05) is 6.61 Å². The summed E-state index contributed by atoms with van der Waals surface area (Å²) in [7, 11) is -4.36. The van der Waals surface area contributed by atoms with Crippen LogP contribution in [0.4, 0.5) is 13.2 Å². The first-order valence-corrected chi connectivity index (χ1v) is 9.41. The second kappa shape index (κ2) is 6.30. The zero-order chi connectivity index (χ0) is 18.4. The fraction of sp³-hybridized carbons (Fsp3) is 0.250. The Balaban J connectivity index is 2.04. The first-order chi connectivity index (χ1) is 11.6. The predicted octanol–water partition coefficient (Wildman–Crippen LogP) is 4.63. The molecule has 4 nitrogen and oxygen atoms in total. The van der Waals surface area contributed by atoms with Crippen LogP contribution in [0, 0.1) is 0 Å². The molecule has 1 aliphatic heterocycles. The molecule has 134 valence electrons. The molecule has 0 saturated carbocycles. The van der Waals surface area contributed by atoms with Gasteiger partial charge in [-0.1, -0.05) is 28.1 Å². The predicted molar refractivity (Wildman–Crippen MR) is 87.4 cm³/mol. The third kappa shape index (κ3) is 3.68. The Hall–Kier alpha value is -1.58. The standard InChI is InChI=1S/C16H12BrF3O4S/c17-14-7-9(16(18,19)20)1-3-12(14)11-5-6-24-15-8-10(25(21,22)23)2-4-13(11)15/h1-4,7-8,11H,5-6H2,(H,21,22,23). The molecule has 25 heavy (non-hydrogen) atoms. The Labute approximate surface area is 150 Å². The van der Waals surface area contributed by atoms with Crippen molar-refractivity contribution >= 4 is 26.0 Å². The zero-order valence-corrected chi connectivity index (χ0v) is 15.0. The lowest BCUT2D eigenvalue weighted by Gasteiger charge is -2.27. The molecular weight excluding hydrogens is 425 g/mol. The second-order valence-corrected chi connectivity index (χ2v) is 7.87. The number of halogens is 4. The molecule has 0 amide bonds. The van der Waals surface area contributed by atoms with Crippen molar-refractivity contribution in [1.82, 2.24) is 0 Å². The van der Waals surface area contributed by atoms with Gasteiger partial charge >= 0.3 is 6.18 Å². The van der Waals surface area contributed by atoms with E-state index in [9.17, 15) is 21.6 Å². The minimum atomic E-state index is -4.43. The Bertz CT molecular complexity index is 925. The molecule has 0 fully saturated rings. The molecule has 9 heteroatoms. The van der Waals surface area contributed by atoms with E-state index in [-0.39, 0.29) is 23.2 Å². The maximum atomic E-state index is 12.8. The lowest BCUT2D eigenvalue weighted by molar-refractivity contribution is -0.137. The molecule has 0 aromatic heterocycles. The van der Waals surface area contributed by atoms with Gasteiger partial charge in [-0.05, 0) is 30.2 Å². The summed E-state index contributed by atoms with van der Waals surface area (Å²) in [6.07, 6.45) is -3.90. The smallest absolute Gasteiger partial charge is 0.416 e. The lowest BCUT2D eigenvalue weighted by Crippen LogP contribution is -2.16. The molecule has 1 heterocycles. The van der Waals surface area contributed by atoms with Gasteiger partial charge in [-0.2, -0.15) is 21.6 Å². The molecule has 2 aromatic rings. The van der Waals surface area contributed by atoms with Crippen LogP contribution in [0.2, 0.25) is 0 Å². The molecule has 1 unspecified atom stereocenters. The van der Waals surface area contributed by atoms with E-state index in [0.29, 0.717) is 22.0 Å². The maximum absolute atomic E-state index is 12.8. The summed E-state index contributed by atoms with van der Waals surface area (Å²) in [5.74, 6) is 0.0361. The average molecular weight is 437 g/mol. The van der Waals surface area contributed by atoms with Gasteiger partial charge in [0, 0.05) is 22.0 Å². The van der Waals surface area contributed by atoms with Crippen molar-refractivity contribution in [3.05, 3.63) is 57.6 Å². The van der Waals surface area contributed by atoms with E-state index in [1.54, 1.807) is 0 Å². The molecule has 1 aliphatic rings. The van der Waals surface area contributed by atoms with Gasteiger partial charge in [0.2, 0.25) is 0 Å². The first kappa shape index (κ1) is 18.2. The summed E-state index contributed by atoms with van der Waals surface area (Å²) in [6, 6.07) is 7.41. The van der Waals surface area contributed by atoms with Gasteiger partial charge in [-0.15, -0.1) is 0 Å². The summed E-state index contributed by atoms with van der Waals surface area (Å²) in [4.78, 5) is -0.293. The zero-order valence-electron chi connectivity index (χ0n) is 12.5. The summed E-state index contributed by atoms with van der Waals surface area (Å²) in [5, 5.41) is 0. The fourth-order valence-electron chi connectivity index (χ4n) is 2.84. The molecule has 2 aromatic carbocycles. The minimum Gasteiger partial charge on any atom is -0.493 e. The third-order valence-electron chi connectivity index (χ3n) is 4.03. The third-order valence-corrected chi connectivity index (χ3v) is 5.56. The average Bonchev–Trinajstić information content (AvgIpc) is 2.52. The van der Waals surface area contributed by atoms with E-state index in [2.05, 4.69) is 15.9 Å². The normalized spacial score (nSPS) is 17.7. The molecule has 3 rings (SSSR count). The highest BCUT2D eigenvalue weighted by Gasteiger charge is 2.32. The number of ether oxygens (including phenoxy) is 1. The highest BCUT2D eigenvalue weighted by Crippen LogP contribution is 2.43. The second-order valence-electron chi connectivity index (χ2n) is 5.60. The first-order valence-electron chi connectivity index (χ1n) is 7.18. The van der Waals surface area contributed by atoms with Crippen molar-refractivity contribution in [3.63, 3.8) is 0 Å². The molecule has 1 atom stereocenters. The van der Waals surface area contributed by atoms with Gasteiger partial charge in [0.25, 0.3) is 10.1 Å². The van der Waals surface area contributed by atoms with Crippen LogP contribution in [0.1, 0.15) is 29.0 Å². The van der Waals surface area contributed by atoms with Crippen LogP contribution >= 0.6 is 15.9 Å². The van der Waals surface area contributed by atoms with E-state index in [1.807, 2.05) is 0 Å². The summed E-state index contributed by atoms with van der Waals surface area (Å²) in [6.45, 7) is 0.278. The molecule has 0 aliphatic carbocycles. The van der Waals surface area contributed by atoms with Gasteiger partial charge in [0.15, 0.2) is 0 Å². The molecule has 0 radical (unpaired) electrons. The summed E-state index contributed by atoms with van der Waals surface area (Å²) in [5.41, 5.74) is 0.549. The number of hydrogen-bond donors (Lipinski definition) is 1. The highest BCUT2D eigenvalue weighted by molar-refractivity contribution is 9.10. The topological polar surface area (TPSA) is 63.6 Å². The number of rotatable bonds is 2. The number of fused-ring (bicyclic) bond motifs is 1. The van der Waals surface area contributed by atoms with E-state index in [4.69, 9.17) is 9.29 Å². The molecule has 1 N–H and O–H groups in total. The van der Waals surface area contributed by atoms with Gasteiger partial charge < -0.3 is 4.74 Å². The van der Waals surface area contributed by atoms with Crippen LogP contribution in [-0.4, -0.2) is 19.6 Å². The fourth-order valence-corrected chi connectivity index (χ4v) is 3.99. The number of hydrogen-bond acceptors (Lipinski definition) is 3. The van der Waals surface area contributed by atoms with Crippen molar-refractivity contribution in [1.29, 1.82) is 0 Å². The molecule has 0 spiro atoms. The van der Waals surface area contributed by atoms with Crippen molar-refractivity contribution in [2.24, 2.45) is 0 Å². The van der Waals surface area contributed by atoms with Gasteiger partial charge in [-0.25, -0.2) is 0 Å². The van der Waals surface area contributed by atoms with E-state index in [0.717, 1.165) is 12.1 Å². The highest BCUT2D eigenvalue weighted by atomic mass is 79.9. The lowest BCUT2D eigenvalue weighted by atomic mass is 9.86. The number of benzene rings is 2.